The third kappa shape index (κ3) is 8.07. The molecule has 2 saturated heterocycles. The number of piperidine rings is 1. The Bertz CT molecular complexity index is 1660. The number of hydrogen-bond acceptors (Lipinski definition) is 11. The number of aliphatic hydroxyl groups is 2. The fourth-order valence-electron chi connectivity index (χ4n) is 5.71. The number of hydrogen-bond donors (Lipinski definition) is 4. The Labute approximate surface area is 264 Å². The molecule has 2 fully saturated rings. The summed E-state index contributed by atoms with van der Waals surface area (Å²) in [6.07, 6.45) is 3.98. The predicted octanol–water partition coefficient (Wildman–Crippen LogP) is 1.32. The van der Waals surface area contributed by atoms with Gasteiger partial charge in [0.25, 0.3) is 0 Å². The number of pyridine rings is 1. The number of sulfonamides is 1. The van der Waals surface area contributed by atoms with Crippen molar-refractivity contribution in [3.63, 3.8) is 0 Å². The van der Waals surface area contributed by atoms with Gasteiger partial charge in [-0.05, 0) is 54.7 Å². The molecule has 244 valence electrons. The van der Waals surface area contributed by atoms with Gasteiger partial charge in [0.1, 0.15) is 23.4 Å². The smallest absolute Gasteiger partial charge is 0.244 e. The summed E-state index contributed by atoms with van der Waals surface area (Å²) in [4.78, 5) is 4.41. The van der Waals surface area contributed by atoms with Crippen LogP contribution in [-0.4, -0.2) is 99.3 Å². The standard InChI is InChI=1S/C31H40N4O8S2/c32-17-23-4-6-24(7-5-23)25-14-30(20-33-18-25)45(40,41)35-10-8-31(9-11-35)16-26(21-43-31)34-19-27(37)22-42-28-2-1-3-29(15-28)44(38,39)13-12-36/h1-7,14-15,18,20,26-27,34,36-37H,8-13,16-17,19,21-22,32H2. The maximum atomic E-state index is 13.5. The highest BCUT2D eigenvalue weighted by Crippen LogP contribution is 2.37. The van der Waals surface area contributed by atoms with Gasteiger partial charge in [-0.2, -0.15) is 4.31 Å². The summed E-state index contributed by atoms with van der Waals surface area (Å²) in [5.74, 6) is -0.0692. The maximum Gasteiger partial charge on any atom is 0.244 e. The van der Waals surface area contributed by atoms with E-state index in [1.165, 1.54) is 22.6 Å². The van der Waals surface area contributed by atoms with Gasteiger partial charge in [-0.15, -0.1) is 0 Å². The number of nitrogens with zero attached hydrogens (tertiary/aromatic N) is 2. The van der Waals surface area contributed by atoms with E-state index < -0.39 is 38.2 Å². The number of ether oxygens (including phenoxy) is 2. The molecule has 5 rings (SSSR count). The normalized spacial score (nSPS) is 19.5. The van der Waals surface area contributed by atoms with Gasteiger partial charge in [0, 0.05) is 50.2 Å². The van der Waals surface area contributed by atoms with Gasteiger partial charge in [-0.3, -0.25) is 4.98 Å². The zero-order valence-corrected chi connectivity index (χ0v) is 26.5. The molecule has 3 heterocycles. The van der Waals surface area contributed by atoms with Crippen molar-refractivity contribution in [3.05, 3.63) is 72.6 Å². The zero-order chi connectivity index (χ0) is 32.1. The van der Waals surface area contributed by atoms with Crippen LogP contribution in [0, 0.1) is 0 Å². The highest BCUT2D eigenvalue weighted by atomic mass is 32.2. The Morgan fingerprint density at radius 3 is 2.51 bits per heavy atom. The molecule has 2 unspecified atom stereocenters. The van der Waals surface area contributed by atoms with Crippen LogP contribution in [0.25, 0.3) is 11.1 Å². The van der Waals surface area contributed by atoms with Crippen molar-refractivity contribution in [2.24, 2.45) is 5.73 Å². The summed E-state index contributed by atoms with van der Waals surface area (Å²) >= 11 is 0. The van der Waals surface area contributed by atoms with Crippen LogP contribution < -0.4 is 15.8 Å². The molecular formula is C31H40N4O8S2. The van der Waals surface area contributed by atoms with Crippen LogP contribution in [0.3, 0.4) is 0 Å². The molecule has 2 aliphatic heterocycles. The molecule has 5 N–H and O–H groups in total. The number of nitrogens with one attached hydrogen (secondary N) is 1. The van der Waals surface area contributed by atoms with Crippen LogP contribution in [0.15, 0.2) is 76.8 Å². The molecule has 0 bridgehead atoms. The third-order valence-electron chi connectivity index (χ3n) is 8.33. The lowest BCUT2D eigenvalue weighted by Crippen LogP contribution is -2.47. The van der Waals surface area contributed by atoms with Gasteiger partial charge in [-0.1, -0.05) is 30.3 Å². The third-order valence-corrected chi connectivity index (χ3v) is 11.9. The Morgan fingerprint density at radius 1 is 1.04 bits per heavy atom. The molecule has 3 aromatic rings. The highest BCUT2D eigenvalue weighted by Gasteiger charge is 2.44. The Morgan fingerprint density at radius 2 is 1.80 bits per heavy atom. The molecule has 14 heteroatoms. The van der Waals surface area contributed by atoms with E-state index in [4.69, 9.17) is 20.3 Å². The van der Waals surface area contributed by atoms with Crippen molar-refractivity contribution in [2.45, 2.75) is 53.3 Å². The summed E-state index contributed by atoms with van der Waals surface area (Å²) in [5.41, 5.74) is 7.82. The van der Waals surface area contributed by atoms with Crippen LogP contribution in [-0.2, 0) is 31.1 Å². The minimum absolute atomic E-state index is 0.0127. The maximum absolute atomic E-state index is 13.5. The first-order valence-corrected chi connectivity index (χ1v) is 18.0. The van der Waals surface area contributed by atoms with E-state index in [9.17, 15) is 21.9 Å². The van der Waals surface area contributed by atoms with Crippen LogP contribution >= 0.6 is 0 Å². The average Bonchev–Trinajstić information content (AvgIpc) is 3.45. The van der Waals surface area contributed by atoms with E-state index in [-0.39, 0.29) is 34.7 Å². The second kappa shape index (κ2) is 14.2. The van der Waals surface area contributed by atoms with E-state index in [0.717, 1.165) is 11.1 Å². The van der Waals surface area contributed by atoms with Crippen molar-refractivity contribution in [1.29, 1.82) is 0 Å². The fourth-order valence-corrected chi connectivity index (χ4v) is 8.20. The number of sulfone groups is 1. The zero-order valence-electron chi connectivity index (χ0n) is 24.9. The Hall–Kier alpha value is -2.95. The molecule has 1 aromatic heterocycles. The van der Waals surface area contributed by atoms with Crippen molar-refractivity contribution >= 4 is 19.9 Å². The summed E-state index contributed by atoms with van der Waals surface area (Å²) in [6.45, 7) is 1.26. The van der Waals surface area contributed by atoms with Crippen LogP contribution in [0.1, 0.15) is 24.8 Å². The first kappa shape index (κ1) is 33.4. The van der Waals surface area contributed by atoms with Gasteiger partial charge < -0.3 is 30.7 Å². The lowest BCUT2D eigenvalue weighted by atomic mass is 9.88. The molecular weight excluding hydrogens is 620 g/mol. The molecule has 0 saturated carbocycles. The molecule has 2 aromatic carbocycles. The van der Waals surface area contributed by atoms with Gasteiger partial charge in [-0.25, -0.2) is 16.8 Å². The van der Waals surface area contributed by atoms with Gasteiger partial charge >= 0.3 is 0 Å². The van der Waals surface area contributed by atoms with Gasteiger partial charge in [0.2, 0.25) is 10.0 Å². The number of aromatic nitrogens is 1. The second-order valence-corrected chi connectivity index (χ2v) is 15.5. The first-order chi connectivity index (χ1) is 21.5. The van der Waals surface area contributed by atoms with E-state index in [1.54, 1.807) is 24.4 Å². The number of benzene rings is 2. The Kier molecular flexibility index (Phi) is 10.6. The van der Waals surface area contributed by atoms with Crippen molar-refractivity contribution in [1.82, 2.24) is 14.6 Å². The molecule has 1 spiro atoms. The summed E-state index contributed by atoms with van der Waals surface area (Å²) in [5, 5.41) is 22.8. The second-order valence-electron chi connectivity index (χ2n) is 11.5. The lowest BCUT2D eigenvalue weighted by Gasteiger charge is -2.38. The summed E-state index contributed by atoms with van der Waals surface area (Å²) < 4.78 is 64.7. The van der Waals surface area contributed by atoms with Crippen LogP contribution in [0.5, 0.6) is 5.75 Å². The summed E-state index contributed by atoms with van der Waals surface area (Å²) in [7, 11) is -7.35. The van der Waals surface area contributed by atoms with E-state index in [0.29, 0.717) is 56.8 Å². The average molecular weight is 661 g/mol. The van der Waals surface area contributed by atoms with Crippen LogP contribution in [0.2, 0.25) is 0 Å². The van der Waals surface area contributed by atoms with Crippen molar-refractivity contribution in [3.8, 4) is 16.9 Å². The van der Waals surface area contributed by atoms with Gasteiger partial charge in [0.15, 0.2) is 9.84 Å². The topological polar surface area (TPSA) is 181 Å². The summed E-state index contributed by atoms with van der Waals surface area (Å²) in [6, 6.07) is 15.2. The minimum atomic E-state index is -3.74. The molecule has 45 heavy (non-hydrogen) atoms. The van der Waals surface area contributed by atoms with E-state index >= 15 is 0 Å². The lowest BCUT2D eigenvalue weighted by molar-refractivity contribution is -0.0312. The minimum Gasteiger partial charge on any atom is -0.491 e. The molecule has 2 atom stereocenters. The molecule has 12 nitrogen and oxygen atoms in total. The first-order valence-electron chi connectivity index (χ1n) is 14.9. The van der Waals surface area contributed by atoms with Gasteiger partial charge in [0.05, 0.1) is 29.5 Å². The number of rotatable bonds is 13. The van der Waals surface area contributed by atoms with Crippen molar-refractivity contribution in [2.75, 3.05) is 45.2 Å². The number of aliphatic hydroxyl groups excluding tert-OH is 2. The molecule has 0 amide bonds. The van der Waals surface area contributed by atoms with Crippen LogP contribution in [0.4, 0.5) is 0 Å². The molecule has 2 aliphatic rings. The van der Waals surface area contributed by atoms with E-state index in [1.807, 2.05) is 24.3 Å². The SMILES string of the molecule is NCc1ccc(-c2cncc(S(=O)(=O)N3CCC4(CC3)CC(NCC(O)COc3cccc(S(=O)(=O)CCO)c3)CO4)c2)cc1. The monoisotopic (exact) mass is 660 g/mol. The fraction of sp³-hybridized carbons (Fsp3) is 0.452. The number of nitrogens with two attached hydrogens (primary N) is 1. The highest BCUT2D eigenvalue weighted by molar-refractivity contribution is 7.91. The Balaban J connectivity index is 1.10. The molecule has 0 radical (unpaired) electrons. The van der Waals surface area contributed by atoms with Crippen molar-refractivity contribution < 1.29 is 36.5 Å². The predicted molar refractivity (Wildman–Crippen MR) is 168 cm³/mol. The quantitative estimate of drug-likeness (QED) is 0.208. The van der Waals surface area contributed by atoms with E-state index in [2.05, 4.69) is 10.3 Å². The molecule has 0 aliphatic carbocycles. The largest absolute Gasteiger partial charge is 0.491 e.